The van der Waals surface area contributed by atoms with E-state index in [0.717, 1.165) is 28.3 Å². The Bertz CT molecular complexity index is 727. The van der Waals surface area contributed by atoms with Crippen molar-refractivity contribution in [3.8, 4) is 11.5 Å². The van der Waals surface area contributed by atoms with Crippen LogP contribution in [0, 0.1) is 6.92 Å². The van der Waals surface area contributed by atoms with Gasteiger partial charge in [0.05, 0.1) is 13.7 Å². The predicted octanol–water partition coefficient (Wildman–Crippen LogP) is 4.67. The van der Waals surface area contributed by atoms with E-state index in [4.69, 9.17) is 9.47 Å². The number of urea groups is 1. The number of methoxy groups -OCH3 is 1. The molecule has 0 aromatic heterocycles. The van der Waals surface area contributed by atoms with E-state index in [-0.39, 0.29) is 6.03 Å². The smallest absolute Gasteiger partial charge is 0.321 e. The molecule has 0 aliphatic rings. The number of para-hydroxylation sites is 1. The van der Waals surface area contributed by atoms with Crippen LogP contribution in [0.1, 0.15) is 30.9 Å². The number of hydrogen-bond acceptors (Lipinski definition) is 3. The molecule has 0 bridgehead atoms. The van der Waals surface area contributed by atoms with Gasteiger partial charge in [-0.1, -0.05) is 32.0 Å². The first-order valence-electron chi connectivity index (χ1n) is 8.81. The molecule has 0 radical (unpaired) electrons. The summed E-state index contributed by atoms with van der Waals surface area (Å²) in [5, 5.41) is 3.04. The number of carbonyl (C=O) groups excluding carboxylic acids is 1. The normalized spacial score (nSPS) is 10.5. The molecule has 5 nitrogen and oxygen atoms in total. The summed E-state index contributed by atoms with van der Waals surface area (Å²) in [5.74, 6) is 1.88. The van der Waals surface area contributed by atoms with Gasteiger partial charge in [-0.05, 0) is 48.2 Å². The van der Waals surface area contributed by atoms with Gasteiger partial charge in [0, 0.05) is 12.7 Å². The Morgan fingerprint density at radius 1 is 1.12 bits per heavy atom. The number of ether oxygens (including phenoxy) is 2. The first-order chi connectivity index (χ1) is 12.4. The second kappa shape index (κ2) is 9.13. The van der Waals surface area contributed by atoms with Crippen LogP contribution in [-0.2, 0) is 0 Å². The van der Waals surface area contributed by atoms with E-state index < -0.39 is 0 Å². The molecule has 0 aliphatic heterocycles. The largest absolute Gasteiger partial charge is 0.497 e. The number of anilines is 1. The van der Waals surface area contributed by atoms with Gasteiger partial charge in [-0.2, -0.15) is 0 Å². The molecule has 2 aromatic carbocycles. The molecule has 0 fully saturated rings. The molecule has 2 rings (SSSR count). The van der Waals surface area contributed by atoms with Crippen molar-refractivity contribution in [2.24, 2.45) is 0 Å². The molecule has 0 spiro atoms. The Morgan fingerprint density at radius 3 is 2.38 bits per heavy atom. The first-order valence-corrected chi connectivity index (χ1v) is 8.81. The highest BCUT2D eigenvalue weighted by Gasteiger charge is 2.14. The number of carbonyl (C=O) groups is 1. The van der Waals surface area contributed by atoms with Crippen LogP contribution in [0.3, 0.4) is 0 Å². The summed E-state index contributed by atoms with van der Waals surface area (Å²) in [7, 11) is 3.39. The number of amides is 2. The van der Waals surface area contributed by atoms with E-state index in [1.807, 2.05) is 43.3 Å². The highest BCUT2D eigenvalue weighted by molar-refractivity contribution is 5.91. The van der Waals surface area contributed by atoms with Gasteiger partial charge in [-0.25, -0.2) is 4.79 Å². The average molecular weight is 356 g/mol. The van der Waals surface area contributed by atoms with Crippen molar-refractivity contribution in [2.75, 3.05) is 32.6 Å². The minimum absolute atomic E-state index is 0.139. The van der Waals surface area contributed by atoms with Gasteiger partial charge in [-0.3, -0.25) is 0 Å². The van der Waals surface area contributed by atoms with E-state index >= 15 is 0 Å². The van der Waals surface area contributed by atoms with Crippen molar-refractivity contribution in [1.29, 1.82) is 0 Å². The van der Waals surface area contributed by atoms with Gasteiger partial charge in [0.15, 0.2) is 0 Å². The Kier molecular flexibility index (Phi) is 6.89. The molecular formula is C21H28N2O3. The van der Waals surface area contributed by atoms with Crippen molar-refractivity contribution < 1.29 is 14.3 Å². The summed E-state index contributed by atoms with van der Waals surface area (Å²) in [6, 6.07) is 13.3. The monoisotopic (exact) mass is 356 g/mol. The van der Waals surface area contributed by atoms with Crippen LogP contribution in [0.25, 0.3) is 0 Å². The molecular weight excluding hydrogens is 328 g/mol. The van der Waals surface area contributed by atoms with Gasteiger partial charge in [0.2, 0.25) is 0 Å². The lowest BCUT2D eigenvalue weighted by Crippen LogP contribution is -2.35. The summed E-state index contributed by atoms with van der Waals surface area (Å²) in [5.41, 5.74) is 3.10. The van der Waals surface area contributed by atoms with Crippen LogP contribution in [0.15, 0.2) is 42.5 Å². The molecule has 140 valence electrons. The van der Waals surface area contributed by atoms with Gasteiger partial charge < -0.3 is 19.7 Å². The third-order valence-corrected chi connectivity index (χ3v) is 4.26. The quantitative estimate of drug-likeness (QED) is 0.784. The second-order valence-corrected chi connectivity index (χ2v) is 6.57. The van der Waals surface area contributed by atoms with Gasteiger partial charge >= 0.3 is 6.03 Å². The lowest BCUT2D eigenvalue weighted by molar-refractivity contribution is 0.207. The van der Waals surface area contributed by atoms with Crippen LogP contribution in [-0.4, -0.2) is 38.2 Å². The second-order valence-electron chi connectivity index (χ2n) is 6.57. The molecule has 26 heavy (non-hydrogen) atoms. The summed E-state index contributed by atoms with van der Waals surface area (Å²) in [6.45, 7) is 7.16. The van der Waals surface area contributed by atoms with Crippen LogP contribution in [0.5, 0.6) is 11.5 Å². The molecule has 2 amide bonds. The molecule has 0 saturated heterocycles. The lowest BCUT2D eigenvalue weighted by Gasteiger charge is -2.21. The predicted molar refractivity (Wildman–Crippen MR) is 105 cm³/mol. The molecule has 0 unspecified atom stereocenters. The number of aryl methyl sites for hydroxylation is 1. The SMILES string of the molecule is COc1ccc(OCCN(C)C(=O)Nc2c(C)cccc2C(C)C)cc1. The minimum atomic E-state index is -0.139. The number of benzene rings is 2. The van der Waals surface area contributed by atoms with Crippen molar-refractivity contribution in [2.45, 2.75) is 26.7 Å². The van der Waals surface area contributed by atoms with E-state index in [1.165, 1.54) is 0 Å². The molecule has 0 aliphatic carbocycles. The third kappa shape index (κ3) is 5.15. The molecule has 0 heterocycles. The van der Waals surface area contributed by atoms with Crippen molar-refractivity contribution in [3.63, 3.8) is 0 Å². The fraction of sp³-hybridized carbons (Fsp3) is 0.381. The van der Waals surface area contributed by atoms with E-state index in [0.29, 0.717) is 19.1 Å². The van der Waals surface area contributed by atoms with Gasteiger partial charge in [0.1, 0.15) is 18.1 Å². The standard InChI is InChI=1S/C21H28N2O3/c1-15(2)19-8-6-7-16(3)20(19)22-21(24)23(4)13-14-26-18-11-9-17(25-5)10-12-18/h6-12,15H,13-14H2,1-5H3,(H,22,24). The number of nitrogens with zero attached hydrogens (tertiary/aromatic N) is 1. The van der Waals surface area contributed by atoms with Crippen LogP contribution in [0.2, 0.25) is 0 Å². The lowest BCUT2D eigenvalue weighted by atomic mass is 9.98. The highest BCUT2D eigenvalue weighted by Crippen LogP contribution is 2.27. The Balaban J connectivity index is 1.89. The zero-order valence-corrected chi connectivity index (χ0v) is 16.2. The molecule has 5 heteroatoms. The first kappa shape index (κ1) is 19.6. The molecule has 0 atom stereocenters. The van der Waals surface area contributed by atoms with Crippen LogP contribution < -0.4 is 14.8 Å². The zero-order valence-electron chi connectivity index (χ0n) is 16.2. The zero-order chi connectivity index (χ0) is 19.1. The Hall–Kier alpha value is -2.69. The fourth-order valence-corrected chi connectivity index (χ4v) is 2.62. The Labute approximate surface area is 155 Å². The molecule has 2 aromatic rings. The summed E-state index contributed by atoms with van der Waals surface area (Å²) < 4.78 is 10.8. The number of likely N-dealkylation sites (N-methyl/N-ethyl adjacent to an activating group) is 1. The Morgan fingerprint density at radius 2 is 1.77 bits per heavy atom. The third-order valence-electron chi connectivity index (χ3n) is 4.26. The minimum Gasteiger partial charge on any atom is -0.497 e. The average Bonchev–Trinajstić information content (AvgIpc) is 2.63. The van der Waals surface area contributed by atoms with Crippen molar-refractivity contribution >= 4 is 11.7 Å². The van der Waals surface area contributed by atoms with Crippen LogP contribution >= 0.6 is 0 Å². The van der Waals surface area contributed by atoms with E-state index in [9.17, 15) is 4.79 Å². The van der Waals surface area contributed by atoms with E-state index in [2.05, 4.69) is 25.2 Å². The maximum atomic E-state index is 12.5. The summed E-state index contributed by atoms with van der Waals surface area (Å²) >= 11 is 0. The van der Waals surface area contributed by atoms with Crippen LogP contribution in [0.4, 0.5) is 10.5 Å². The van der Waals surface area contributed by atoms with E-state index in [1.54, 1.807) is 19.1 Å². The fourth-order valence-electron chi connectivity index (χ4n) is 2.62. The molecule has 1 N–H and O–H groups in total. The number of hydrogen-bond donors (Lipinski definition) is 1. The maximum Gasteiger partial charge on any atom is 0.321 e. The summed E-state index contributed by atoms with van der Waals surface area (Å²) in [6.07, 6.45) is 0. The van der Waals surface area contributed by atoms with Gasteiger partial charge in [-0.15, -0.1) is 0 Å². The highest BCUT2D eigenvalue weighted by atomic mass is 16.5. The molecule has 0 saturated carbocycles. The number of rotatable bonds is 7. The topological polar surface area (TPSA) is 50.8 Å². The number of nitrogens with one attached hydrogen (secondary N) is 1. The van der Waals surface area contributed by atoms with Crippen molar-refractivity contribution in [3.05, 3.63) is 53.6 Å². The van der Waals surface area contributed by atoms with Crippen molar-refractivity contribution in [1.82, 2.24) is 4.90 Å². The summed E-state index contributed by atoms with van der Waals surface area (Å²) in [4.78, 5) is 14.1. The van der Waals surface area contributed by atoms with Gasteiger partial charge in [0.25, 0.3) is 0 Å². The maximum absolute atomic E-state index is 12.5.